The molecule has 2 aromatic rings. The van der Waals surface area contributed by atoms with Crippen molar-refractivity contribution in [1.82, 2.24) is 0 Å². The fraction of sp³-hybridized carbons (Fsp3) is 0.533. The van der Waals surface area contributed by atoms with Crippen molar-refractivity contribution in [2.75, 3.05) is 13.6 Å². The Morgan fingerprint density at radius 1 is 0.833 bits per heavy atom. The number of ketones is 2. The van der Waals surface area contributed by atoms with Gasteiger partial charge in [0.2, 0.25) is 13.6 Å². The summed E-state index contributed by atoms with van der Waals surface area (Å²) in [6, 6.07) is 9.35. The van der Waals surface area contributed by atoms with E-state index in [4.69, 9.17) is 30.2 Å². The third kappa shape index (κ3) is 9.35. The van der Waals surface area contributed by atoms with Crippen molar-refractivity contribution >= 4 is 11.6 Å². The van der Waals surface area contributed by atoms with Gasteiger partial charge in [-0.15, -0.1) is 0 Å². The maximum absolute atomic E-state index is 12.2. The van der Waals surface area contributed by atoms with Crippen LogP contribution in [0.15, 0.2) is 41.5 Å². The molecule has 42 heavy (non-hydrogen) atoms. The number of aliphatic hydroxyl groups is 2. The quantitative estimate of drug-likeness (QED) is 0.157. The van der Waals surface area contributed by atoms with E-state index in [0.717, 1.165) is 36.8 Å². The molecule has 0 aromatic heterocycles. The van der Waals surface area contributed by atoms with Gasteiger partial charge in [-0.1, -0.05) is 56.8 Å². The van der Waals surface area contributed by atoms with Crippen LogP contribution in [-0.4, -0.2) is 59.7 Å². The predicted octanol–water partition coefficient (Wildman–Crippen LogP) is 4.16. The van der Waals surface area contributed by atoms with E-state index in [1.807, 2.05) is 13.8 Å². The topological polar surface area (TPSA) is 186 Å². The number of nitrogens with two attached hydrogens (primary N) is 1. The molecule has 12 heteroatoms. The van der Waals surface area contributed by atoms with E-state index in [-0.39, 0.29) is 38.0 Å². The average Bonchev–Trinajstić information content (AvgIpc) is 3.66. The molecule has 0 unspecified atom stereocenters. The molecule has 0 saturated heterocycles. The largest absolute Gasteiger partial charge is 0.454 e. The number of rotatable bonds is 15. The van der Waals surface area contributed by atoms with Crippen molar-refractivity contribution < 1.29 is 38.7 Å². The molecule has 4 rings (SSSR count). The lowest BCUT2D eigenvalue weighted by Crippen LogP contribution is -2.41. The summed E-state index contributed by atoms with van der Waals surface area (Å²) in [7, 11) is 0. The van der Waals surface area contributed by atoms with Gasteiger partial charge in [0.05, 0.1) is 6.04 Å². The van der Waals surface area contributed by atoms with Gasteiger partial charge in [-0.25, -0.2) is 0 Å². The number of aliphatic hydroxyl groups excluding tert-OH is 2. The van der Waals surface area contributed by atoms with E-state index in [0.29, 0.717) is 35.8 Å². The van der Waals surface area contributed by atoms with E-state index in [2.05, 4.69) is 10.0 Å². The Balaban J connectivity index is 0.000000231. The van der Waals surface area contributed by atoms with Gasteiger partial charge in [-0.3, -0.25) is 9.59 Å². The minimum Gasteiger partial charge on any atom is -0.454 e. The Hall–Kier alpha value is -3.83. The highest BCUT2D eigenvalue weighted by Gasteiger charge is 2.26. The molecule has 2 aromatic carbocycles. The first-order valence-electron chi connectivity index (χ1n) is 14.3. The Labute approximate surface area is 245 Å². The highest BCUT2D eigenvalue weighted by Crippen LogP contribution is 2.33. The van der Waals surface area contributed by atoms with Crippen LogP contribution in [0, 0.1) is 0 Å². The monoisotopic (exact) mass is 584 g/mol. The highest BCUT2D eigenvalue weighted by molar-refractivity contribution is 5.86. The summed E-state index contributed by atoms with van der Waals surface area (Å²) in [5, 5.41) is 23.6. The van der Waals surface area contributed by atoms with E-state index >= 15 is 0 Å². The average molecular weight is 585 g/mol. The van der Waals surface area contributed by atoms with Crippen molar-refractivity contribution in [3.05, 3.63) is 58.0 Å². The van der Waals surface area contributed by atoms with E-state index in [1.165, 1.54) is 0 Å². The van der Waals surface area contributed by atoms with Crippen LogP contribution in [0.5, 0.6) is 23.0 Å². The normalized spacial score (nSPS) is 15.5. The van der Waals surface area contributed by atoms with Gasteiger partial charge in [0.25, 0.3) is 0 Å². The second kappa shape index (κ2) is 16.6. The smallest absolute Gasteiger partial charge is 0.231 e. The number of nitrogens with zero attached hydrogens (tertiary/aromatic N) is 3. The fourth-order valence-electron chi connectivity index (χ4n) is 4.52. The Bertz CT molecular complexity index is 1250. The number of hydrogen-bond acceptors (Lipinski definition) is 10. The number of carbonyl (C=O) groups excluding carboxylic acids is 2. The second-order valence-electron chi connectivity index (χ2n) is 10.3. The van der Waals surface area contributed by atoms with Crippen molar-refractivity contribution in [3.63, 3.8) is 0 Å². The van der Waals surface area contributed by atoms with Crippen LogP contribution in [-0.2, 0) is 22.4 Å². The molecule has 12 nitrogen and oxygen atoms in total. The molecule has 0 bridgehead atoms. The van der Waals surface area contributed by atoms with Gasteiger partial charge in [-0.05, 0) is 53.8 Å². The van der Waals surface area contributed by atoms with Gasteiger partial charge < -0.3 is 34.9 Å². The summed E-state index contributed by atoms with van der Waals surface area (Å²) in [6.07, 6.45) is 2.57. The summed E-state index contributed by atoms with van der Waals surface area (Å²) in [5.74, 6) is 1.94. The highest BCUT2D eigenvalue weighted by atomic mass is 16.7. The SMILES string of the molecule is CCCC[C@H](N)[C@H](O)C(=O)Cc1ccc2c(c1)OCO2.CCCC[C@H](N=[N+]=[N-])[C@H](O)C(=O)Cc1ccc2c(c1)OCO2. The maximum atomic E-state index is 12.2. The van der Waals surface area contributed by atoms with Crippen molar-refractivity contribution in [3.8, 4) is 23.0 Å². The van der Waals surface area contributed by atoms with Crippen LogP contribution >= 0.6 is 0 Å². The molecule has 0 aliphatic carbocycles. The molecule has 2 aliphatic rings. The van der Waals surface area contributed by atoms with Crippen LogP contribution in [0.2, 0.25) is 0 Å². The number of fused-ring (bicyclic) bond motifs is 2. The zero-order chi connectivity index (χ0) is 30.5. The van der Waals surface area contributed by atoms with Gasteiger partial charge in [0.15, 0.2) is 34.6 Å². The fourth-order valence-corrected chi connectivity index (χ4v) is 4.52. The number of hydrogen-bond donors (Lipinski definition) is 3. The van der Waals surface area contributed by atoms with Crippen LogP contribution in [0.1, 0.15) is 63.5 Å². The summed E-state index contributed by atoms with van der Waals surface area (Å²) in [6.45, 7) is 4.42. The van der Waals surface area contributed by atoms with Crippen LogP contribution in [0.4, 0.5) is 0 Å². The summed E-state index contributed by atoms with van der Waals surface area (Å²) in [5.41, 5.74) is 15.9. The van der Waals surface area contributed by atoms with Crippen molar-refractivity contribution in [2.24, 2.45) is 10.8 Å². The van der Waals surface area contributed by atoms with Crippen LogP contribution in [0.3, 0.4) is 0 Å². The van der Waals surface area contributed by atoms with Gasteiger partial charge >= 0.3 is 0 Å². The first-order valence-corrected chi connectivity index (χ1v) is 14.3. The standard InChI is InChI=1S/C15H19N3O4.C15H21NO4/c1-2-3-4-11(17-18-16)15(20)12(19)7-10-5-6-13-14(8-10)22-9-21-13;1-2-3-4-11(16)15(18)12(17)7-10-5-6-13-14(8-10)20-9-19-13/h5-6,8,11,15,20H,2-4,7,9H2,1H3;5-6,8,11,15,18H,2-4,7,9,16H2,1H3/t2*11-,15-/m00/s1. The molecular formula is C30H40N4O8. The molecule has 228 valence electrons. The summed E-state index contributed by atoms with van der Waals surface area (Å²) >= 11 is 0. The number of ether oxygens (including phenoxy) is 4. The first-order chi connectivity index (χ1) is 20.3. The molecular weight excluding hydrogens is 544 g/mol. The Morgan fingerprint density at radius 3 is 1.81 bits per heavy atom. The van der Waals surface area contributed by atoms with Gasteiger partial charge in [0, 0.05) is 23.8 Å². The molecule has 0 spiro atoms. The number of benzene rings is 2. The molecule has 0 fully saturated rings. The minimum atomic E-state index is -1.28. The van der Waals surface area contributed by atoms with Gasteiger partial charge in [0.1, 0.15) is 12.2 Å². The molecule has 2 heterocycles. The van der Waals surface area contributed by atoms with E-state index < -0.39 is 24.3 Å². The van der Waals surface area contributed by atoms with Crippen molar-refractivity contribution in [2.45, 2.75) is 89.5 Å². The molecule has 0 radical (unpaired) electrons. The molecule has 4 atom stereocenters. The summed E-state index contributed by atoms with van der Waals surface area (Å²) < 4.78 is 20.9. The van der Waals surface area contributed by atoms with Crippen LogP contribution in [0.25, 0.3) is 10.4 Å². The minimum absolute atomic E-state index is 0.0569. The lowest BCUT2D eigenvalue weighted by molar-refractivity contribution is -0.128. The zero-order valence-electron chi connectivity index (χ0n) is 24.1. The number of Topliss-reactive ketones (excluding diaryl/α,β-unsaturated/α-hetero) is 2. The zero-order valence-corrected chi connectivity index (χ0v) is 24.1. The molecule has 2 aliphatic heterocycles. The van der Waals surface area contributed by atoms with Gasteiger partial charge in [-0.2, -0.15) is 0 Å². The number of unbranched alkanes of at least 4 members (excludes halogenated alkanes) is 2. The number of carbonyl (C=O) groups is 2. The molecule has 4 N–H and O–H groups in total. The Morgan fingerprint density at radius 2 is 1.31 bits per heavy atom. The van der Waals surface area contributed by atoms with Crippen molar-refractivity contribution in [1.29, 1.82) is 0 Å². The van der Waals surface area contributed by atoms with E-state index in [9.17, 15) is 19.8 Å². The van der Waals surface area contributed by atoms with Crippen LogP contribution < -0.4 is 24.7 Å². The Kier molecular flexibility index (Phi) is 12.9. The first kappa shape index (κ1) is 32.7. The predicted molar refractivity (Wildman–Crippen MR) is 155 cm³/mol. The molecule has 0 saturated carbocycles. The number of azide groups is 1. The third-order valence-electron chi connectivity index (χ3n) is 7.00. The third-order valence-corrected chi connectivity index (χ3v) is 7.00. The molecule has 0 amide bonds. The lowest BCUT2D eigenvalue weighted by atomic mass is 9.97. The summed E-state index contributed by atoms with van der Waals surface area (Å²) in [4.78, 5) is 26.9. The maximum Gasteiger partial charge on any atom is 0.231 e. The lowest BCUT2D eigenvalue weighted by Gasteiger charge is -2.17. The van der Waals surface area contributed by atoms with E-state index in [1.54, 1.807) is 36.4 Å². The second-order valence-corrected chi connectivity index (χ2v) is 10.3.